The van der Waals surface area contributed by atoms with E-state index in [2.05, 4.69) is 25.8 Å². The largest absolute Gasteiger partial charge is 0.354 e. The summed E-state index contributed by atoms with van der Waals surface area (Å²) >= 11 is 0. The van der Waals surface area contributed by atoms with E-state index in [-0.39, 0.29) is 0 Å². The zero-order valence-electron chi connectivity index (χ0n) is 15.5. The SMILES string of the molecule is Cc1cc(N2CCN(CC3CCS(=O)(=O)CC3)CC2)nc(N(C)C)n1. The Bertz CT molecular complexity index is 685. The average molecular weight is 368 g/mol. The van der Waals surface area contributed by atoms with E-state index in [4.69, 9.17) is 0 Å². The number of rotatable bonds is 4. The highest BCUT2D eigenvalue weighted by Gasteiger charge is 2.27. The molecule has 0 N–H and O–H groups in total. The molecule has 3 rings (SSSR count). The van der Waals surface area contributed by atoms with Gasteiger partial charge in [0.1, 0.15) is 15.7 Å². The molecule has 2 aliphatic rings. The molecule has 8 heteroatoms. The molecule has 0 spiro atoms. The van der Waals surface area contributed by atoms with Crippen molar-refractivity contribution in [3.8, 4) is 0 Å². The Kier molecular flexibility index (Phi) is 5.48. The molecule has 0 saturated carbocycles. The third kappa shape index (κ3) is 4.82. The van der Waals surface area contributed by atoms with Gasteiger partial charge in [-0.2, -0.15) is 4.98 Å². The standard InChI is InChI=1S/C17H29N5O2S/c1-14-12-16(19-17(18-14)20(2)3)22-8-6-21(7-9-22)13-15-4-10-25(23,24)11-5-15/h12,15H,4-11,13H2,1-3H3. The van der Waals surface area contributed by atoms with Crippen LogP contribution in [0.3, 0.4) is 0 Å². The molecule has 140 valence electrons. The maximum Gasteiger partial charge on any atom is 0.226 e. The Morgan fingerprint density at radius 2 is 1.76 bits per heavy atom. The first kappa shape index (κ1) is 18.4. The highest BCUT2D eigenvalue weighted by atomic mass is 32.2. The lowest BCUT2D eigenvalue weighted by Crippen LogP contribution is -2.48. The molecule has 7 nitrogen and oxygen atoms in total. The monoisotopic (exact) mass is 367 g/mol. The van der Waals surface area contributed by atoms with Gasteiger partial charge in [-0.1, -0.05) is 0 Å². The summed E-state index contributed by atoms with van der Waals surface area (Å²) in [5, 5.41) is 0. The summed E-state index contributed by atoms with van der Waals surface area (Å²) in [4.78, 5) is 15.9. The predicted octanol–water partition coefficient (Wildman–Crippen LogP) is 0.798. The lowest BCUT2D eigenvalue weighted by Gasteiger charge is -2.37. The molecule has 1 aromatic rings. The van der Waals surface area contributed by atoms with Crippen LogP contribution in [0.2, 0.25) is 0 Å². The number of hydrogen-bond acceptors (Lipinski definition) is 7. The zero-order chi connectivity index (χ0) is 18.0. The van der Waals surface area contributed by atoms with Crippen LogP contribution in [0.25, 0.3) is 0 Å². The summed E-state index contributed by atoms with van der Waals surface area (Å²) in [6.45, 7) is 6.94. The second-order valence-corrected chi connectivity index (χ2v) is 9.75. The topological polar surface area (TPSA) is 69.6 Å². The Morgan fingerprint density at radius 3 is 2.36 bits per heavy atom. The molecule has 0 unspecified atom stereocenters. The molecule has 1 aromatic heterocycles. The van der Waals surface area contributed by atoms with Gasteiger partial charge in [-0.3, -0.25) is 4.90 Å². The summed E-state index contributed by atoms with van der Waals surface area (Å²) in [6.07, 6.45) is 1.64. The minimum absolute atomic E-state index is 0.366. The first-order valence-electron chi connectivity index (χ1n) is 9.03. The van der Waals surface area contributed by atoms with Crippen LogP contribution in [0, 0.1) is 12.8 Å². The van der Waals surface area contributed by atoms with E-state index in [0.717, 1.165) is 63.0 Å². The molecule has 0 aliphatic carbocycles. The molecular weight excluding hydrogens is 338 g/mol. The maximum absolute atomic E-state index is 11.6. The third-order valence-electron chi connectivity index (χ3n) is 5.12. The fourth-order valence-corrected chi connectivity index (χ4v) is 5.13. The van der Waals surface area contributed by atoms with Crippen LogP contribution < -0.4 is 9.80 Å². The van der Waals surface area contributed by atoms with Crippen LogP contribution in [0.1, 0.15) is 18.5 Å². The quantitative estimate of drug-likeness (QED) is 0.779. The smallest absolute Gasteiger partial charge is 0.226 e. The van der Waals surface area contributed by atoms with Crippen LogP contribution in [-0.2, 0) is 9.84 Å². The van der Waals surface area contributed by atoms with Gasteiger partial charge in [-0.25, -0.2) is 13.4 Å². The van der Waals surface area contributed by atoms with Crippen LogP contribution >= 0.6 is 0 Å². The van der Waals surface area contributed by atoms with Gasteiger partial charge < -0.3 is 9.80 Å². The van der Waals surface area contributed by atoms with Gasteiger partial charge in [0.05, 0.1) is 11.5 Å². The van der Waals surface area contributed by atoms with Crippen LogP contribution in [0.5, 0.6) is 0 Å². The molecular formula is C17H29N5O2S. The van der Waals surface area contributed by atoms with Crippen molar-refractivity contribution in [2.24, 2.45) is 5.92 Å². The first-order chi connectivity index (χ1) is 11.8. The van der Waals surface area contributed by atoms with Gasteiger partial charge in [-0.15, -0.1) is 0 Å². The van der Waals surface area contributed by atoms with E-state index >= 15 is 0 Å². The molecule has 25 heavy (non-hydrogen) atoms. The van der Waals surface area contributed by atoms with E-state index in [1.807, 2.05) is 25.9 Å². The highest BCUT2D eigenvalue weighted by Crippen LogP contribution is 2.22. The van der Waals surface area contributed by atoms with Crippen molar-refractivity contribution < 1.29 is 8.42 Å². The Hall–Kier alpha value is -1.41. The second-order valence-electron chi connectivity index (χ2n) is 7.44. The zero-order valence-corrected chi connectivity index (χ0v) is 16.3. The van der Waals surface area contributed by atoms with E-state index in [0.29, 0.717) is 17.4 Å². The minimum Gasteiger partial charge on any atom is -0.354 e. The van der Waals surface area contributed by atoms with Crippen molar-refractivity contribution in [1.82, 2.24) is 14.9 Å². The summed E-state index contributed by atoms with van der Waals surface area (Å²) < 4.78 is 23.1. The van der Waals surface area contributed by atoms with Crippen LogP contribution in [0.15, 0.2) is 6.07 Å². The molecule has 0 atom stereocenters. The highest BCUT2D eigenvalue weighted by molar-refractivity contribution is 7.91. The minimum atomic E-state index is -2.76. The predicted molar refractivity (Wildman–Crippen MR) is 101 cm³/mol. The molecule has 0 radical (unpaired) electrons. The van der Waals surface area contributed by atoms with E-state index in [9.17, 15) is 8.42 Å². The molecule has 0 bridgehead atoms. The fraction of sp³-hybridized carbons (Fsp3) is 0.765. The maximum atomic E-state index is 11.6. The van der Waals surface area contributed by atoms with Crippen molar-refractivity contribution in [1.29, 1.82) is 0 Å². The van der Waals surface area contributed by atoms with E-state index in [1.165, 1.54) is 0 Å². The second kappa shape index (κ2) is 7.45. The molecule has 0 amide bonds. The van der Waals surface area contributed by atoms with Gasteiger partial charge in [0.15, 0.2) is 0 Å². The van der Waals surface area contributed by atoms with Crippen molar-refractivity contribution in [2.45, 2.75) is 19.8 Å². The van der Waals surface area contributed by atoms with Crippen molar-refractivity contribution in [3.05, 3.63) is 11.8 Å². The van der Waals surface area contributed by atoms with Gasteiger partial charge in [0.25, 0.3) is 0 Å². The lowest BCUT2D eigenvalue weighted by atomic mass is 10.0. The number of hydrogen-bond donors (Lipinski definition) is 0. The summed E-state index contributed by atoms with van der Waals surface area (Å²) in [6, 6.07) is 2.05. The van der Waals surface area contributed by atoms with Crippen LogP contribution in [-0.4, -0.2) is 81.6 Å². The summed E-state index contributed by atoms with van der Waals surface area (Å²) in [5.41, 5.74) is 0.986. The number of anilines is 2. The number of piperazine rings is 1. The third-order valence-corrected chi connectivity index (χ3v) is 6.83. The number of nitrogens with zero attached hydrogens (tertiary/aromatic N) is 5. The number of aryl methyl sites for hydroxylation is 1. The molecule has 0 aromatic carbocycles. The molecule has 2 fully saturated rings. The van der Waals surface area contributed by atoms with Crippen molar-refractivity contribution in [2.75, 3.05) is 68.1 Å². The Balaban J connectivity index is 1.54. The Labute approximate surface area is 151 Å². The molecule has 2 saturated heterocycles. The number of aromatic nitrogens is 2. The first-order valence-corrected chi connectivity index (χ1v) is 10.9. The van der Waals surface area contributed by atoms with Crippen molar-refractivity contribution >= 4 is 21.6 Å². The van der Waals surface area contributed by atoms with E-state index < -0.39 is 9.84 Å². The molecule has 3 heterocycles. The van der Waals surface area contributed by atoms with Gasteiger partial charge in [0.2, 0.25) is 5.95 Å². The summed E-state index contributed by atoms with van der Waals surface area (Å²) in [7, 11) is 1.16. The molecule has 2 aliphatic heterocycles. The lowest BCUT2D eigenvalue weighted by molar-refractivity contribution is 0.211. The average Bonchev–Trinajstić information content (AvgIpc) is 2.57. The van der Waals surface area contributed by atoms with Gasteiger partial charge >= 0.3 is 0 Å². The fourth-order valence-electron chi connectivity index (χ4n) is 3.54. The van der Waals surface area contributed by atoms with Crippen LogP contribution in [0.4, 0.5) is 11.8 Å². The van der Waals surface area contributed by atoms with E-state index in [1.54, 1.807) is 0 Å². The van der Waals surface area contributed by atoms with Gasteiger partial charge in [-0.05, 0) is 25.7 Å². The normalized spacial score (nSPS) is 22.1. The summed E-state index contributed by atoms with van der Waals surface area (Å²) in [5.74, 6) is 3.01. The van der Waals surface area contributed by atoms with Crippen molar-refractivity contribution in [3.63, 3.8) is 0 Å². The number of sulfone groups is 1. The van der Waals surface area contributed by atoms with Gasteiger partial charge in [0, 0.05) is 58.6 Å². The Morgan fingerprint density at radius 1 is 1.12 bits per heavy atom.